The van der Waals surface area contributed by atoms with Gasteiger partial charge in [0.2, 0.25) is 0 Å². The van der Waals surface area contributed by atoms with E-state index in [9.17, 15) is 0 Å². The van der Waals surface area contributed by atoms with Crippen molar-refractivity contribution in [3.63, 3.8) is 0 Å². The minimum atomic E-state index is 0.220. The Kier molecular flexibility index (Phi) is 4.33. The van der Waals surface area contributed by atoms with Crippen LogP contribution in [-0.2, 0) is 13.5 Å². The number of hydrogen-bond acceptors (Lipinski definition) is 3. The Morgan fingerprint density at radius 2 is 2.28 bits per heavy atom. The quantitative estimate of drug-likeness (QED) is 0.902. The average molecular weight is 265 g/mol. The molecule has 0 aromatic carbocycles. The first-order chi connectivity index (χ1) is 8.72. The van der Waals surface area contributed by atoms with Crippen molar-refractivity contribution in [2.24, 2.45) is 7.05 Å². The molecule has 0 saturated heterocycles. The van der Waals surface area contributed by atoms with Crippen LogP contribution in [0.5, 0.6) is 0 Å². The molecule has 4 nitrogen and oxygen atoms in total. The van der Waals surface area contributed by atoms with E-state index in [0.29, 0.717) is 5.02 Å². The second-order valence-electron chi connectivity index (χ2n) is 4.23. The van der Waals surface area contributed by atoms with Crippen molar-refractivity contribution >= 4 is 11.6 Å². The van der Waals surface area contributed by atoms with Crippen LogP contribution in [0, 0.1) is 0 Å². The van der Waals surface area contributed by atoms with Gasteiger partial charge >= 0.3 is 0 Å². The molecule has 0 bridgehead atoms. The lowest BCUT2D eigenvalue weighted by Gasteiger charge is -2.17. The summed E-state index contributed by atoms with van der Waals surface area (Å²) in [6, 6.07) is 2.18. The minimum absolute atomic E-state index is 0.220. The van der Waals surface area contributed by atoms with Gasteiger partial charge in [0.1, 0.15) is 5.82 Å². The van der Waals surface area contributed by atoms with Gasteiger partial charge in [-0.3, -0.25) is 4.98 Å². The molecular formula is C13H17ClN4. The standard InChI is InChI=1S/C13H17ClN4/c1-15-12(10-5-6-16-9-11(10)14)3-4-13-17-7-8-18(13)2/h5-9,12,15H,3-4H2,1-2H3. The summed E-state index contributed by atoms with van der Waals surface area (Å²) in [5.41, 5.74) is 1.09. The Bertz CT molecular complexity index is 509. The molecule has 0 fully saturated rings. The molecule has 0 spiro atoms. The second-order valence-corrected chi connectivity index (χ2v) is 4.64. The highest BCUT2D eigenvalue weighted by molar-refractivity contribution is 6.31. The van der Waals surface area contributed by atoms with Gasteiger partial charge < -0.3 is 9.88 Å². The average Bonchev–Trinajstić information content (AvgIpc) is 2.78. The maximum Gasteiger partial charge on any atom is 0.108 e. The lowest BCUT2D eigenvalue weighted by molar-refractivity contribution is 0.535. The van der Waals surface area contributed by atoms with Gasteiger partial charge in [0.25, 0.3) is 0 Å². The monoisotopic (exact) mass is 264 g/mol. The van der Waals surface area contributed by atoms with Crippen molar-refractivity contribution < 1.29 is 0 Å². The van der Waals surface area contributed by atoms with E-state index in [2.05, 4.69) is 15.3 Å². The number of aromatic nitrogens is 3. The molecule has 1 unspecified atom stereocenters. The van der Waals surface area contributed by atoms with E-state index >= 15 is 0 Å². The fourth-order valence-corrected chi connectivity index (χ4v) is 2.29. The minimum Gasteiger partial charge on any atom is -0.338 e. The van der Waals surface area contributed by atoms with E-state index in [1.54, 1.807) is 12.4 Å². The third kappa shape index (κ3) is 2.89. The normalized spacial score (nSPS) is 12.6. The zero-order chi connectivity index (χ0) is 13.0. The lowest BCUT2D eigenvalue weighted by Crippen LogP contribution is -2.18. The Labute approximate surface area is 112 Å². The van der Waals surface area contributed by atoms with Crippen LogP contribution < -0.4 is 5.32 Å². The first-order valence-electron chi connectivity index (χ1n) is 5.95. The molecule has 1 atom stereocenters. The molecule has 5 heteroatoms. The highest BCUT2D eigenvalue weighted by Gasteiger charge is 2.13. The van der Waals surface area contributed by atoms with E-state index in [0.717, 1.165) is 24.2 Å². The van der Waals surface area contributed by atoms with Gasteiger partial charge in [0, 0.05) is 44.3 Å². The third-order valence-electron chi connectivity index (χ3n) is 3.11. The van der Waals surface area contributed by atoms with Crippen molar-refractivity contribution in [2.75, 3.05) is 7.05 Å². The van der Waals surface area contributed by atoms with Crippen LogP contribution >= 0.6 is 11.6 Å². The topological polar surface area (TPSA) is 42.7 Å². The molecule has 2 aromatic rings. The number of imidazole rings is 1. The molecule has 0 aliphatic heterocycles. The number of nitrogens with zero attached hydrogens (tertiary/aromatic N) is 3. The van der Waals surface area contributed by atoms with Gasteiger partial charge in [-0.05, 0) is 25.1 Å². The van der Waals surface area contributed by atoms with Gasteiger partial charge in [-0.25, -0.2) is 4.98 Å². The van der Waals surface area contributed by atoms with E-state index < -0.39 is 0 Å². The van der Waals surface area contributed by atoms with Crippen LogP contribution in [-0.4, -0.2) is 21.6 Å². The smallest absolute Gasteiger partial charge is 0.108 e. The Balaban J connectivity index is 2.07. The lowest BCUT2D eigenvalue weighted by atomic mass is 10.0. The molecule has 0 aliphatic carbocycles. The summed E-state index contributed by atoms with van der Waals surface area (Å²) in [6.45, 7) is 0. The van der Waals surface area contributed by atoms with Gasteiger partial charge in [0.15, 0.2) is 0 Å². The largest absolute Gasteiger partial charge is 0.338 e. The van der Waals surface area contributed by atoms with Crippen LogP contribution in [0.15, 0.2) is 30.9 Å². The Morgan fingerprint density at radius 3 is 2.89 bits per heavy atom. The van der Waals surface area contributed by atoms with Crippen molar-refractivity contribution in [1.82, 2.24) is 19.9 Å². The molecule has 0 amide bonds. The molecule has 0 saturated carbocycles. The van der Waals surface area contributed by atoms with Crippen LogP contribution in [0.2, 0.25) is 5.02 Å². The third-order valence-corrected chi connectivity index (χ3v) is 3.42. The zero-order valence-corrected chi connectivity index (χ0v) is 11.4. The van der Waals surface area contributed by atoms with E-state index in [1.165, 1.54) is 0 Å². The molecule has 0 radical (unpaired) electrons. The van der Waals surface area contributed by atoms with Crippen LogP contribution in [0.1, 0.15) is 23.9 Å². The van der Waals surface area contributed by atoms with Crippen molar-refractivity contribution in [2.45, 2.75) is 18.9 Å². The van der Waals surface area contributed by atoms with E-state index in [4.69, 9.17) is 11.6 Å². The zero-order valence-electron chi connectivity index (χ0n) is 10.6. The molecule has 0 aliphatic rings. The number of aryl methyl sites for hydroxylation is 2. The first kappa shape index (κ1) is 13.1. The van der Waals surface area contributed by atoms with Gasteiger partial charge in [-0.1, -0.05) is 11.6 Å². The highest BCUT2D eigenvalue weighted by Crippen LogP contribution is 2.24. The highest BCUT2D eigenvalue weighted by atomic mass is 35.5. The maximum atomic E-state index is 6.17. The van der Waals surface area contributed by atoms with Crippen LogP contribution in [0.25, 0.3) is 0 Å². The Morgan fingerprint density at radius 1 is 1.44 bits per heavy atom. The summed E-state index contributed by atoms with van der Waals surface area (Å²) in [5.74, 6) is 1.08. The summed E-state index contributed by atoms with van der Waals surface area (Å²) >= 11 is 6.17. The van der Waals surface area contributed by atoms with Crippen molar-refractivity contribution in [1.29, 1.82) is 0 Å². The molecule has 18 heavy (non-hydrogen) atoms. The molecule has 1 N–H and O–H groups in total. The summed E-state index contributed by atoms with van der Waals surface area (Å²) in [7, 11) is 3.95. The molecule has 2 heterocycles. The molecule has 2 aromatic heterocycles. The van der Waals surface area contributed by atoms with E-state index in [1.807, 2.05) is 37.1 Å². The number of nitrogens with one attached hydrogen (secondary N) is 1. The van der Waals surface area contributed by atoms with Gasteiger partial charge in [-0.15, -0.1) is 0 Å². The van der Waals surface area contributed by atoms with Crippen LogP contribution in [0.4, 0.5) is 0 Å². The van der Waals surface area contributed by atoms with Gasteiger partial charge in [-0.2, -0.15) is 0 Å². The number of pyridine rings is 1. The molecule has 96 valence electrons. The Hall–Kier alpha value is -1.39. The summed E-state index contributed by atoms with van der Waals surface area (Å²) in [6.07, 6.45) is 9.10. The maximum absolute atomic E-state index is 6.17. The second kappa shape index (κ2) is 5.98. The predicted octanol–water partition coefficient (Wildman–Crippen LogP) is 2.36. The van der Waals surface area contributed by atoms with E-state index in [-0.39, 0.29) is 6.04 Å². The summed E-state index contributed by atoms with van der Waals surface area (Å²) in [4.78, 5) is 8.34. The number of rotatable bonds is 5. The fraction of sp³-hybridized carbons (Fsp3) is 0.385. The van der Waals surface area contributed by atoms with Crippen molar-refractivity contribution in [3.05, 3.63) is 47.3 Å². The summed E-state index contributed by atoms with van der Waals surface area (Å²) < 4.78 is 2.04. The summed E-state index contributed by atoms with van der Waals surface area (Å²) in [5, 5.41) is 4.00. The number of hydrogen-bond donors (Lipinski definition) is 1. The fourth-order valence-electron chi connectivity index (χ4n) is 2.03. The van der Waals surface area contributed by atoms with Crippen molar-refractivity contribution in [3.8, 4) is 0 Å². The molecule has 2 rings (SSSR count). The SMILES string of the molecule is CNC(CCc1nccn1C)c1ccncc1Cl. The van der Waals surface area contributed by atoms with Gasteiger partial charge in [0.05, 0.1) is 5.02 Å². The number of halogens is 1. The van der Waals surface area contributed by atoms with Crippen LogP contribution in [0.3, 0.4) is 0 Å². The predicted molar refractivity (Wildman–Crippen MR) is 72.6 cm³/mol. The molecular weight excluding hydrogens is 248 g/mol. The first-order valence-corrected chi connectivity index (χ1v) is 6.33.